The van der Waals surface area contributed by atoms with Crippen molar-refractivity contribution in [2.45, 2.75) is 18.1 Å². The van der Waals surface area contributed by atoms with Crippen molar-refractivity contribution in [3.8, 4) is 0 Å². The van der Waals surface area contributed by atoms with Crippen LogP contribution in [0, 0.1) is 3.57 Å². The number of nitrogens with zero attached hydrogens (tertiary/aromatic N) is 2. The van der Waals surface area contributed by atoms with Gasteiger partial charge in [0.2, 0.25) is 0 Å². The quantitative estimate of drug-likeness (QED) is 0.182. The van der Waals surface area contributed by atoms with Crippen molar-refractivity contribution in [2.75, 3.05) is 12.5 Å². The zero-order valence-corrected chi connectivity index (χ0v) is 30.5. The van der Waals surface area contributed by atoms with Crippen LogP contribution in [0.2, 0.25) is 10.0 Å². The maximum absolute atomic E-state index is 11.6. The van der Waals surface area contributed by atoms with Gasteiger partial charge in [0.1, 0.15) is 0 Å². The van der Waals surface area contributed by atoms with Crippen LogP contribution < -0.4 is 29.6 Å². The van der Waals surface area contributed by atoms with Crippen molar-refractivity contribution in [2.24, 2.45) is 0 Å². The maximum atomic E-state index is 11.6. The zero-order valence-electron chi connectivity index (χ0n) is 20.1. The van der Waals surface area contributed by atoms with Crippen LogP contribution in [0.3, 0.4) is 0 Å². The molecule has 2 heterocycles. The Kier molecular flexibility index (Phi) is 19.5. The van der Waals surface area contributed by atoms with Crippen LogP contribution in [0.15, 0.2) is 53.7 Å². The summed E-state index contributed by atoms with van der Waals surface area (Å²) in [6.07, 6.45) is 5.22. The van der Waals surface area contributed by atoms with Gasteiger partial charge in [-0.25, -0.2) is 8.42 Å². The number of rotatable bonds is 3. The van der Waals surface area contributed by atoms with E-state index in [1.807, 2.05) is 18.2 Å². The molecule has 0 aliphatic carbocycles. The molecule has 0 amide bonds. The molecular weight excluding hydrogens is 864 g/mol. The van der Waals surface area contributed by atoms with Gasteiger partial charge in [0, 0.05) is 33.0 Å². The average molecular weight is 884 g/mol. The van der Waals surface area contributed by atoms with Gasteiger partial charge in [0.25, 0.3) is 0 Å². The number of pyridine rings is 2. The monoisotopic (exact) mass is 882 g/mol. The van der Waals surface area contributed by atoms with E-state index >= 15 is 0 Å². The summed E-state index contributed by atoms with van der Waals surface area (Å²) in [4.78, 5) is 8.37. The molecular formula is C22H20Cl2CuI2N2NaO6S2. The first-order valence-corrected chi connectivity index (χ1v) is 18.0. The minimum absolute atomic E-state index is 0. The number of hydrogen-bond acceptors (Lipinski definition) is 8. The molecule has 2 aromatic carbocycles. The number of halogens is 4. The minimum Gasteiger partial charge on any atom is 1.00 e. The Bertz CT molecular complexity index is 1500. The normalized spacial score (nSPS) is 11.1. The number of aliphatic hydroxyl groups is 2. The van der Waals surface area contributed by atoms with Crippen LogP contribution in [0.4, 0.5) is 0 Å². The van der Waals surface area contributed by atoms with E-state index in [2.05, 4.69) is 45.3 Å². The zero-order chi connectivity index (χ0) is 28.3. The fourth-order valence-electron chi connectivity index (χ4n) is 2.95. The summed E-state index contributed by atoms with van der Waals surface area (Å²) >= 11 is 17.9. The van der Waals surface area contributed by atoms with Gasteiger partial charge in [-0.3, -0.25) is 14.2 Å². The molecule has 0 spiro atoms. The Hall–Kier alpha value is 0.799. The summed E-state index contributed by atoms with van der Waals surface area (Å²) in [6.45, 7) is -0.191. The molecule has 0 aliphatic heterocycles. The number of aromatic nitrogens is 2. The van der Waals surface area contributed by atoms with Crippen LogP contribution in [-0.2, 0) is 46.9 Å². The van der Waals surface area contributed by atoms with E-state index in [9.17, 15) is 8.42 Å². The first kappa shape index (κ1) is 38.8. The third kappa shape index (κ3) is 12.8. The van der Waals surface area contributed by atoms with Gasteiger partial charge in [-0.05, 0) is 76.4 Å². The summed E-state index contributed by atoms with van der Waals surface area (Å²) in [5.41, 5.74) is 2.69. The fourth-order valence-corrected chi connectivity index (χ4v) is 5.02. The first-order chi connectivity index (χ1) is 17.3. The van der Waals surface area contributed by atoms with Crippen LogP contribution in [-0.4, -0.2) is 49.9 Å². The number of hydrogen-bond donors (Lipinski definition) is 2. The third-order valence-electron chi connectivity index (χ3n) is 4.30. The van der Waals surface area contributed by atoms with Gasteiger partial charge in [-0.2, -0.15) is 0 Å². The van der Waals surface area contributed by atoms with E-state index in [1.54, 1.807) is 38.7 Å². The van der Waals surface area contributed by atoms with Gasteiger partial charge < -0.3 is 14.8 Å². The molecule has 0 radical (unpaired) electrons. The smallest absolute Gasteiger partial charge is 1.00 e. The van der Waals surface area contributed by atoms with Gasteiger partial charge >= 0.3 is 62.7 Å². The van der Waals surface area contributed by atoms with Gasteiger partial charge in [0.05, 0.1) is 39.2 Å². The second-order valence-electron chi connectivity index (χ2n) is 7.11. The summed E-state index contributed by atoms with van der Waals surface area (Å²) in [5, 5.41) is 20.7. The Labute approximate surface area is 288 Å². The van der Waals surface area contributed by atoms with E-state index in [1.165, 1.54) is 12.3 Å². The number of benzene rings is 2. The summed E-state index contributed by atoms with van der Waals surface area (Å²) < 4.78 is 42.3. The Morgan fingerprint density at radius 1 is 0.921 bits per heavy atom. The molecule has 0 bridgehead atoms. The van der Waals surface area contributed by atoms with Crippen LogP contribution in [0.5, 0.6) is 0 Å². The van der Waals surface area contributed by atoms with Crippen molar-refractivity contribution in [3.05, 3.63) is 73.5 Å². The molecule has 206 valence electrons. The molecule has 4 rings (SSSR count). The maximum Gasteiger partial charge on any atom is 1.00 e. The Balaban J connectivity index is 0.000000591. The van der Waals surface area contributed by atoms with Crippen molar-refractivity contribution < 1.29 is 69.7 Å². The van der Waals surface area contributed by atoms with Crippen molar-refractivity contribution >= 4 is 109 Å². The molecule has 0 fully saturated rings. The SMILES string of the molecule is CS(=O)(=O)c1cc(CO)cc2cc(Cl)cnc12.CS(=O)[O-].OCc1cc(I)c2ncc(Cl)cc2c1.[Cu][I].[Na+]. The van der Waals surface area contributed by atoms with Gasteiger partial charge in [-0.15, -0.1) is 0 Å². The van der Waals surface area contributed by atoms with E-state index in [-0.39, 0.29) is 47.7 Å². The Morgan fingerprint density at radius 3 is 1.74 bits per heavy atom. The summed E-state index contributed by atoms with van der Waals surface area (Å²) in [6, 6.07) is 10.4. The second kappa shape index (κ2) is 19.1. The molecule has 1 atom stereocenters. The van der Waals surface area contributed by atoms with E-state index in [4.69, 9.17) is 42.2 Å². The van der Waals surface area contributed by atoms with E-state index < -0.39 is 20.9 Å². The van der Waals surface area contributed by atoms with Crippen molar-refractivity contribution in [1.82, 2.24) is 9.97 Å². The molecule has 1 unspecified atom stereocenters. The standard InChI is InChI=1S/C11H10ClNO3S.C10H7ClINO.CH4O2S.Cu.HI.Na/c1-17(15,16)10-3-7(6-14)2-8-4-9(12)5-13-11(8)10;11-8-3-7-1-6(5-14)2-9(12)10(7)13-4-8;1-4(2)3;;;/h2-5,14H,6H2,1H3;1-4,14H,5H2;1H3,(H,2,3);;1H;/q;;;+1;;+1/p-2. The second-order valence-corrected chi connectivity index (χ2v) is 11.9. The fraction of sp³-hybridized carbons (Fsp3) is 0.182. The van der Waals surface area contributed by atoms with E-state index in [0.29, 0.717) is 26.5 Å². The van der Waals surface area contributed by atoms with E-state index in [0.717, 1.165) is 32.5 Å². The predicted molar refractivity (Wildman–Crippen MR) is 160 cm³/mol. The largest absolute Gasteiger partial charge is 1.00 e. The third-order valence-corrected chi connectivity index (χ3v) is 6.65. The molecule has 0 saturated heterocycles. The minimum atomic E-state index is -3.39. The van der Waals surface area contributed by atoms with Crippen molar-refractivity contribution in [3.63, 3.8) is 0 Å². The molecule has 38 heavy (non-hydrogen) atoms. The molecule has 16 heteroatoms. The number of fused-ring (bicyclic) bond motifs is 2. The van der Waals surface area contributed by atoms with Crippen LogP contribution in [0.25, 0.3) is 21.8 Å². The topological polar surface area (TPSA) is 141 Å². The van der Waals surface area contributed by atoms with Gasteiger partial charge in [-0.1, -0.05) is 34.3 Å². The predicted octanol–water partition coefficient (Wildman–Crippen LogP) is 2.15. The van der Waals surface area contributed by atoms with Gasteiger partial charge in [0.15, 0.2) is 9.84 Å². The summed E-state index contributed by atoms with van der Waals surface area (Å²) in [7, 11) is -3.39. The average Bonchev–Trinajstić information content (AvgIpc) is 2.83. The van der Waals surface area contributed by atoms with Crippen LogP contribution >= 0.6 is 66.1 Å². The first-order valence-electron chi connectivity index (χ1n) is 9.71. The molecule has 0 saturated carbocycles. The summed E-state index contributed by atoms with van der Waals surface area (Å²) in [5.74, 6) is 0. The van der Waals surface area contributed by atoms with Crippen LogP contribution in [0.1, 0.15) is 11.1 Å². The molecule has 2 aromatic heterocycles. The molecule has 4 aromatic rings. The molecule has 8 nitrogen and oxygen atoms in total. The Morgan fingerprint density at radius 2 is 1.32 bits per heavy atom. The number of sulfone groups is 1. The molecule has 2 N–H and O–H groups in total. The molecule has 0 aliphatic rings. The number of aliphatic hydroxyl groups excluding tert-OH is 2. The van der Waals surface area contributed by atoms with Crippen molar-refractivity contribution in [1.29, 1.82) is 0 Å².